The van der Waals surface area contributed by atoms with Crippen molar-refractivity contribution >= 4 is 16.8 Å². The van der Waals surface area contributed by atoms with E-state index < -0.39 is 5.54 Å². The van der Waals surface area contributed by atoms with E-state index >= 15 is 0 Å². The van der Waals surface area contributed by atoms with Gasteiger partial charge in [-0.05, 0) is 30.9 Å². The van der Waals surface area contributed by atoms with Gasteiger partial charge in [-0.2, -0.15) is 0 Å². The first-order chi connectivity index (χ1) is 10.2. The molecule has 1 fully saturated rings. The molecule has 1 aliphatic heterocycles. The van der Waals surface area contributed by atoms with Gasteiger partial charge >= 0.3 is 0 Å². The van der Waals surface area contributed by atoms with Crippen molar-refractivity contribution in [3.05, 3.63) is 36.0 Å². The van der Waals surface area contributed by atoms with Gasteiger partial charge in [0.15, 0.2) is 0 Å². The molecular formula is C16H21N3O2. The third kappa shape index (κ3) is 2.94. The molecule has 0 aliphatic carbocycles. The Morgan fingerprint density at radius 3 is 2.90 bits per heavy atom. The van der Waals surface area contributed by atoms with Crippen molar-refractivity contribution < 1.29 is 9.53 Å². The van der Waals surface area contributed by atoms with Gasteiger partial charge in [-0.25, -0.2) is 0 Å². The summed E-state index contributed by atoms with van der Waals surface area (Å²) in [5, 5.41) is 4.17. The molecule has 2 heterocycles. The Morgan fingerprint density at radius 1 is 1.33 bits per heavy atom. The van der Waals surface area contributed by atoms with Gasteiger partial charge in [0, 0.05) is 36.9 Å². The minimum Gasteiger partial charge on any atom is -0.381 e. The van der Waals surface area contributed by atoms with E-state index in [1.54, 1.807) is 0 Å². The highest BCUT2D eigenvalue weighted by Crippen LogP contribution is 2.19. The lowest BCUT2D eigenvalue weighted by atomic mass is 9.90. The fraction of sp³-hybridized carbons (Fsp3) is 0.438. The summed E-state index contributed by atoms with van der Waals surface area (Å²) in [6.07, 6.45) is 3.98. The number of rotatable bonds is 4. The van der Waals surface area contributed by atoms with E-state index in [4.69, 9.17) is 10.5 Å². The average molecular weight is 287 g/mol. The molecule has 1 amide bonds. The maximum absolute atomic E-state index is 12.2. The molecule has 112 valence electrons. The van der Waals surface area contributed by atoms with Crippen LogP contribution < -0.4 is 11.1 Å². The predicted molar refractivity (Wildman–Crippen MR) is 82.0 cm³/mol. The quantitative estimate of drug-likeness (QED) is 0.793. The summed E-state index contributed by atoms with van der Waals surface area (Å²) in [4.78, 5) is 15.5. The molecule has 3 rings (SSSR count). The fourth-order valence-electron chi connectivity index (χ4n) is 2.79. The number of carbonyl (C=O) groups is 1. The van der Waals surface area contributed by atoms with Gasteiger partial charge in [0.2, 0.25) is 5.91 Å². The van der Waals surface area contributed by atoms with Gasteiger partial charge in [-0.1, -0.05) is 18.2 Å². The van der Waals surface area contributed by atoms with E-state index in [9.17, 15) is 4.79 Å². The summed E-state index contributed by atoms with van der Waals surface area (Å²) in [5.41, 5.74) is 7.72. The van der Waals surface area contributed by atoms with E-state index in [1.165, 1.54) is 10.9 Å². The van der Waals surface area contributed by atoms with Crippen LogP contribution >= 0.6 is 0 Å². The van der Waals surface area contributed by atoms with Crippen molar-refractivity contribution in [2.24, 2.45) is 5.73 Å². The molecule has 0 bridgehead atoms. The van der Waals surface area contributed by atoms with Crippen LogP contribution in [0.2, 0.25) is 0 Å². The van der Waals surface area contributed by atoms with Crippen molar-refractivity contribution in [1.29, 1.82) is 0 Å². The lowest BCUT2D eigenvalue weighted by Crippen LogP contribution is -2.57. The van der Waals surface area contributed by atoms with Crippen LogP contribution in [0.3, 0.4) is 0 Å². The molecule has 0 saturated carbocycles. The monoisotopic (exact) mass is 287 g/mol. The number of para-hydroxylation sites is 1. The van der Waals surface area contributed by atoms with E-state index in [0.717, 1.165) is 11.9 Å². The minimum atomic E-state index is -0.765. The number of benzene rings is 1. The van der Waals surface area contributed by atoms with Crippen LogP contribution in [0, 0.1) is 0 Å². The van der Waals surface area contributed by atoms with Crippen LogP contribution in [0.15, 0.2) is 30.5 Å². The van der Waals surface area contributed by atoms with E-state index in [0.29, 0.717) is 32.6 Å². The normalized spacial score (nSPS) is 17.8. The van der Waals surface area contributed by atoms with Crippen LogP contribution in [0.5, 0.6) is 0 Å². The average Bonchev–Trinajstić information content (AvgIpc) is 2.91. The number of hydrogen-bond donors (Lipinski definition) is 3. The maximum atomic E-state index is 12.2. The van der Waals surface area contributed by atoms with Crippen molar-refractivity contribution in [3.63, 3.8) is 0 Å². The smallest absolute Gasteiger partial charge is 0.240 e. The lowest BCUT2D eigenvalue weighted by Gasteiger charge is -2.31. The molecule has 1 aliphatic rings. The van der Waals surface area contributed by atoms with E-state index in [-0.39, 0.29) is 5.91 Å². The number of aromatic nitrogens is 1. The number of amides is 1. The van der Waals surface area contributed by atoms with Crippen molar-refractivity contribution in [2.45, 2.75) is 24.8 Å². The summed E-state index contributed by atoms with van der Waals surface area (Å²) in [6.45, 7) is 1.72. The first-order valence-electron chi connectivity index (χ1n) is 7.39. The number of hydrogen-bond acceptors (Lipinski definition) is 3. The molecule has 5 nitrogen and oxygen atoms in total. The Hall–Kier alpha value is -1.85. The van der Waals surface area contributed by atoms with Crippen LogP contribution in [0.4, 0.5) is 0 Å². The number of H-pyrrole nitrogens is 1. The van der Waals surface area contributed by atoms with Crippen LogP contribution in [0.25, 0.3) is 10.9 Å². The Morgan fingerprint density at radius 2 is 2.10 bits per heavy atom. The Balaban J connectivity index is 1.57. The second-order valence-corrected chi connectivity index (χ2v) is 5.63. The van der Waals surface area contributed by atoms with Gasteiger partial charge in [-0.3, -0.25) is 4.79 Å². The molecule has 0 spiro atoms. The van der Waals surface area contributed by atoms with Gasteiger partial charge in [-0.15, -0.1) is 0 Å². The predicted octanol–water partition coefficient (Wildman–Crippen LogP) is 1.33. The molecule has 1 aromatic heterocycles. The Bertz CT molecular complexity index is 629. The highest BCUT2D eigenvalue weighted by Gasteiger charge is 2.35. The Labute approximate surface area is 123 Å². The topological polar surface area (TPSA) is 80.1 Å². The molecule has 1 saturated heterocycles. The molecular weight excluding hydrogens is 266 g/mol. The minimum absolute atomic E-state index is 0.0642. The second kappa shape index (κ2) is 5.87. The van der Waals surface area contributed by atoms with Crippen molar-refractivity contribution in [1.82, 2.24) is 10.3 Å². The SMILES string of the molecule is NC1(C(=O)NCCc2c[nH]c3ccccc23)CCOCC1. The van der Waals surface area contributed by atoms with Crippen molar-refractivity contribution in [2.75, 3.05) is 19.8 Å². The number of aromatic amines is 1. The summed E-state index contributed by atoms with van der Waals surface area (Å²) >= 11 is 0. The maximum Gasteiger partial charge on any atom is 0.240 e. The van der Waals surface area contributed by atoms with Crippen LogP contribution in [-0.4, -0.2) is 36.2 Å². The molecule has 4 N–H and O–H groups in total. The highest BCUT2D eigenvalue weighted by atomic mass is 16.5. The Kier molecular flexibility index (Phi) is 3.94. The molecule has 5 heteroatoms. The molecule has 0 unspecified atom stereocenters. The zero-order valence-electron chi connectivity index (χ0n) is 12.0. The molecule has 21 heavy (non-hydrogen) atoms. The zero-order valence-corrected chi connectivity index (χ0v) is 12.0. The zero-order chi connectivity index (χ0) is 14.7. The molecule has 0 radical (unpaired) electrons. The van der Waals surface area contributed by atoms with Gasteiger partial charge in [0.05, 0.1) is 5.54 Å². The lowest BCUT2D eigenvalue weighted by molar-refractivity contribution is -0.129. The van der Waals surface area contributed by atoms with Crippen molar-refractivity contribution in [3.8, 4) is 0 Å². The summed E-state index contributed by atoms with van der Waals surface area (Å²) < 4.78 is 5.26. The van der Waals surface area contributed by atoms with Crippen LogP contribution in [0.1, 0.15) is 18.4 Å². The summed E-state index contributed by atoms with van der Waals surface area (Å²) in [7, 11) is 0. The fourth-order valence-corrected chi connectivity index (χ4v) is 2.79. The largest absolute Gasteiger partial charge is 0.381 e. The van der Waals surface area contributed by atoms with Gasteiger partial charge in [0.1, 0.15) is 0 Å². The molecule has 2 aromatic rings. The third-order valence-corrected chi connectivity index (χ3v) is 4.19. The number of fused-ring (bicyclic) bond motifs is 1. The first-order valence-corrected chi connectivity index (χ1v) is 7.39. The standard InChI is InChI=1S/C16H21N3O2/c17-16(6-9-21-10-7-16)15(20)18-8-5-12-11-19-14-4-2-1-3-13(12)14/h1-4,11,19H,5-10,17H2,(H,18,20). The number of carbonyl (C=O) groups excluding carboxylic acids is 1. The third-order valence-electron chi connectivity index (χ3n) is 4.19. The number of nitrogens with two attached hydrogens (primary N) is 1. The summed E-state index contributed by atoms with van der Waals surface area (Å²) in [5.74, 6) is -0.0642. The van der Waals surface area contributed by atoms with Gasteiger partial charge < -0.3 is 20.8 Å². The van der Waals surface area contributed by atoms with E-state index in [2.05, 4.69) is 16.4 Å². The molecule has 1 aromatic carbocycles. The second-order valence-electron chi connectivity index (χ2n) is 5.63. The molecule has 0 atom stereocenters. The number of nitrogens with one attached hydrogen (secondary N) is 2. The number of ether oxygens (including phenoxy) is 1. The van der Waals surface area contributed by atoms with E-state index in [1.807, 2.05) is 24.4 Å². The van der Waals surface area contributed by atoms with Crippen LogP contribution in [-0.2, 0) is 16.0 Å². The summed E-state index contributed by atoms with van der Waals surface area (Å²) in [6, 6.07) is 8.17. The highest BCUT2D eigenvalue weighted by molar-refractivity contribution is 5.86. The first kappa shape index (κ1) is 14.1. The van der Waals surface area contributed by atoms with Gasteiger partial charge in [0.25, 0.3) is 0 Å².